The fraction of sp³-hybridized carbons (Fsp3) is 0.429. The minimum Gasteiger partial charge on any atom is -0.454 e. The van der Waals surface area contributed by atoms with Crippen molar-refractivity contribution in [3.63, 3.8) is 0 Å². The smallest absolute Gasteiger partial charge is 0.434 e. The molecule has 0 aromatic carbocycles. The number of nitrogens with zero attached hydrogens (tertiary/aromatic N) is 2. The van der Waals surface area contributed by atoms with Crippen LogP contribution in [-0.4, -0.2) is 28.4 Å². The van der Waals surface area contributed by atoms with Gasteiger partial charge in [0.15, 0.2) is 0 Å². The fourth-order valence-corrected chi connectivity index (χ4v) is 1.01. The lowest BCUT2D eigenvalue weighted by molar-refractivity contribution is -0.300. The van der Waals surface area contributed by atoms with Gasteiger partial charge in [-0.25, -0.2) is 9.97 Å². The van der Waals surface area contributed by atoms with Gasteiger partial charge < -0.3 is 4.74 Å². The van der Waals surface area contributed by atoms with Gasteiger partial charge in [-0.15, -0.1) is 0 Å². The van der Waals surface area contributed by atoms with E-state index >= 15 is 0 Å². The third kappa shape index (κ3) is 4.02. The van der Waals surface area contributed by atoms with E-state index in [1.165, 1.54) is 0 Å². The summed E-state index contributed by atoms with van der Waals surface area (Å²) in [5.74, 6) is -0.868. The van der Waals surface area contributed by atoms with E-state index in [4.69, 9.17) is 0 Å². The highest BCUT2D eigenvalue weighted by atomic mass is 79.9. The first kappa shape index (κ1) is 14.0. The maximum Gasteiger partial charge on any atom is 0.434 e. The molecule has 3 nitrogen and oxygen atoms in total. The first-order valence-corrected chi connectivity index (χ1v) is 4.67. The topological polar surface area (TPSA) is 35.0 Å². The highest BCUT2D eigenvalue weighted by Gasteiger charge is 2.59. The van der Waals surface area contributed by atoms with E-state index in [9.17, 15) is 26.3 Å². The van der Waals surface area contributed by atoms with Crippen molar-refractivity contribution in [2.24, 2.45) is 0 Å². The zero-order chi connectivity index (χ0) is 13.3. The molecule has 0 saturated heterocycles. The van der Waals surface area contributed by atoms with E-state index in [2.05, 4.69) is 30.6 Å². The maximum atomic E-state index is 12.1. The van der Waals surface area contributed by atoms with Gasteiger partial charge in [-0.05, 0) is 15.9 Å². The Labute approximate surface area is 98.9 Å². The van der Waals surface area contributed by atoms with Crippen LogP contribution >= 0.6 is 15.9 Å². The molecular weight excluding hydrogens is 322 g/mol. The minimum atomic E-state index is -5.58. The van der Waals surface area contributed by atoms with Gasteiger partial charge in [0.25, 0.3) is 6.10 Å². The van der Waals surface area contributed by atoms with E-state index in [0.717, 1.165) is 6.20 Å². The zero-order valence-corrected chi connectivity index (χ0v) is 9.27. The molecule has 0 fully saturated rings. The summed E-state index contributed by atoms with van der Waals surface area (Å²) in [6.45, 7) is 0. The number of alkyl halides is 6. The van der Waals surface area contributed by atoms with E-state index in [0.29, 0.717) is 6.20 Å². The summed E-state index contributed by atoms with van der Waals surface area (Å²) in [6, 6.07) is 0. The van der Waals surface area contributed by atoms with E-state index in [1.54, 1.807) is 0 Å². The molecule has 0 aliphatic heterocycles. The van der Waals surface area contributed by atoms with Crippen molar-refractivity contribution in [3.05, 3.63) is 17.0 Å². The quantitative estimate of drug-likeness (QED) is 0.784. The van der Waals surface area contributed by atoms with Crippen LogP contribution in [0.3, 0.4) is 0 Å². The Bertz CT molecular complexity index is 361. The van der Waals surface area contributed by atoms with Gasteiger partial charge in [0.2, 0.25) is 5.88 Å². The lowest BCUT2D eigenvalue weighted by Gasteiger charge is -2.22. The summed E-state index contributed by atoms with van der Waals surface area (Å²) in [6.07, 6.45) is -13.5. The number of hydrogen-bond acceptors (Lipinski definition) is 3. The molecule has 0 aliphatic rings. The second kappa shape index (κ2) is 4.67. The highest BCUT2D eigenvalue weighted by Crippen LogP contribution is 2.35. The molecule has 1 rings (SSSR count). The Morgan fingerprint density at radius 3 is 1.88 bits per heavy atom. The van der Waals surface area contributed by atoms with Crippen molar-refractivity contribution < 1.29 is 31.1 Å². The Morgan fingerprint density at radius 1 is 1.00 bits per heavy atom. The Balaban J connectivity index is 2.92. The molecular formula is C7H3BrF6N2O. The molecule has 1 aromatic rings. The van der Waals surface area contributed by atoms with Gasteiger partial charge in [-0.3, -0.25) is 0 Å². The SMILES string of the molecule is FC(F)(F)C(Oc1cnc(Br)cn1)C(F)(F)F. The normalized spacial score (nSPS) is 12.9. The zero-order valence-electron chi connectivity index (χ0n) is 7.68. The summed E-state index contributed by atoms with van der Waals surface area (Å²) >= 11 is 2.82. The third-order valence-electron chi connectivity index (χ3n) is 1.43. The van der Waals surface area contributed by atoms with E-state index in [-0.39, 0.29) is 4.60 Å². The molecule has 0 unspecified atom stereocenters. The molecule has 1 heterocycles. The third-order valence-corrected chi connectivity index (χ3v) is 1.84. The largest absolute Gasteiger partial charge is 0.454 e. The first-order chi connectivity index (χ1) is 7.60. The second-order valence-corrected chi connectivity index (χ2v) is 3.57. The van der Waals surface area contributed by atoms with Crippen LogP contribution in [0.4, 0.5) is 26.3 Å². The molecule has 0 amide bonds. The number of rotatable bonds is 2. The van der Waals surface area contributed by atoms with Gasteiger partial charge in [-0.1, -0.05) is 0 Å². The Hall–Kier alpha value is -1.06. The Morgan fingerprint density at radius 2 is 1.53 bits per heavy atom. The summed E-state index contributed by atoms with van der Waals surface area (Å²) in [4.78, 5) is 6.60. The van der Waals surface area contributed by atoms with Gasteiger partial charge in [0.05, 0.1) is 12.4 Å². The summed E-state index contributed by atoms with van der Waals surface area (Å²) in [5.41, 5.74) is 0. The molecule has 0 atom stereocenters. The monoisotopic (exact) mass is 324 g/mol. The van der Waals surface area contributed by atoms with Crippen LogP contribution in [0.1, 0.15) is 0 Å². The second-order valence-electron chi connectivity index (χ2n) is 2.76. The van der Waals surface area contributed by atoms with Crippen LogP contribution in [0.15, 0.2) is 17.0 Å². The van der Waals surface area contributed by atoms with Crippen molar-refractivity contribution in [1.29, 1.82) is 0 Å². The highest BCUT2D eigenvalue weighted by molar-refractivity contribution is 9.10. The summed E-state index contributed by atoms with van der Waals surface area (Å²) < 4.78 is 76.4. The van der Waals surface area contributed by atoms with Crippen molar-refractivity contribution in [3.8, 4) is 5.88 Å². The van der Waals surface area contributed by atoms with E-state index in [1.807, 2.05) is 0 Å². The molecule has 1 aromatic heterocycles. The molecule has 0 saturated carbocycles. The summed E-state index contributed by atoms with van der Waals surface area (Å²) in [5, 5.41) is 0. The molecule has 0 N–H and O–H groups in total. The van der Waals surface area contributed by atoms with Crippen LogP contribution in [0.5, 0.6) is 5.88 Å². The molecule has 17 heavy (non-hydrogen) atoms. The molecule has 10 heteroatoms. The first-order valence-electron chi connectivity index (χ1n) is 3.88. The van der Waals surface area contributed by atoms with Gasteiger partial charge in [-0.2, -0.15) is 26.3 Å². The average Bonchev–Trinajstić information content (AvgIpc) is 2.13. The summed E-state index contributed by atoms with van der Waals surface area (Å²) in [7, 11) is 0. The van der Waals surface area contributed by atoms with Crippen molar-refractivity contribution >= 4 is 15.9 Å². The van der Waals surface area contributed by atoms with Crippen LogP contribution < -0.4 is 4.74 Å². The Kier molecular flexibility index (Phi) is 3.84. The molecule has 0 radical (unpaired) electrons. The lowest BCUT2D eigenvalue weighted by atomic mass is 10.3. The number of aromatic nitrogens is 2. The fourth-order valence-electron chi connectivity index (χ4n) is 0.801. The molecule has 0 aliphatic carbocycles. The van der Waals surface area contributed by atoms with Crippen LogP contribution in [0.25, 0.3) is 0 Å². The van der Waals surface area contributed by atoms with Crippen LogP contribution in [-0.2, 0) is 0 Å². The van der Waals surface area contributed by atoms with E-state index < -0.39 is 24.3 Å². The molecule has 0 spiro atoms. The average molecular weight is 325 g/mol. The number of ether oxygens (including phenoxy) is 1. The van der Waals surface area contributed by atoms with Crippen molar-refractivity contribution in [1.82, 2.24) is 9.97 Å². The molecule has 0 bridgehead atoms. The molecule has 96 valence electrons. The maximum absolute atomic E-state index is 12.1. The van der Waals surface area contributed by atoms with Crippen LogP contribution in [0, 0.1) is 0 Å². The standard InChI is InChI=1S/C7H3BrF6N2O/c8-3-1-16-4(2-15-3)17-5(6(9,10)11)7(12,13)14/h1-2,5H. The minimum absolute atomic E-state index is 0.153. The predicted molar refractivity (Wildman–Crippen MR) is 46.3 cm³/mol. The number of hydrogen-bond donors (Lipinski definition) is 0. The predicted octanol–water partition coefficient (Wildman–Crippen LogP) is 3.11. The van der Waals surface area contributed by atoms with Gasteiger partial charge in [0.1, 0.15) is 4.60 Å². The van der Waals surface area contributed by atoms with Crippen LogP contribution in [0.2, 0.25) is 0 Å². The van der Waals surface area contributed by atoms with Crippen molar-refractivity contribution in [2.45, 2.75) is 18.5 Å². The van der Waals surface area contributed by atoms with Crippen molar-refractivity contribution in [2.75, 3.05) is 0 Å². The number of halogens is 7. The lowest BCUT2D eigenvalue weighted by Crippen LogP contribution is -2.46. The van der Waals surface area contributed by atoms with Gasteiger partial charge in [0, 0.05) is 0 Å². The van der Waals surface area contributed by atoms with Gasteiger partial charge >= 0.3 is 12.4 Å².